The molecule has 1 aromatic heterocycles. The number of carbonyl (C=O) groups is 7. The van der Waals surface area contributed by atoms with E-state index in [1.54, 1.807) is 27.7 Å². The third-order valence-corrected chi connectivity index (χ3v) is 16.2. The van der Waals surface area contributed by atoms with Gasteiger partial charge in [-0.2, -0.15) is 0 Å². The second-order valence-corrected chi connectivity index (χ2v) is 19.3. The second kappa shape index (κ2) is 13.9. The minimum Gasteiger partial charge on any atom is -0.472 e. The Bertz CT molecular complexity index is 2210. The molecule has 4 bridgehead atoms. The maximum absolute atomic E-state index is 14.5. The summed E-state index contributed by atoms with van der Waals surface area (Å²) in [4.78, 5) is 98.1. The van der Waals surface area contributed by atoms with Crippen LogP contribution < -0.4 is 0 Å². The van der Waals surface area contributed by atoms with Gasteiger partial charge in [-0.25, -0.2) is 4.79 Å². The van der Waals surface area contributed by atoms with Crippen LogP contribution in [0.5, 0.6) is 0 Å². The van der Waals surface area contributed by atoms with E-state index in [0.717, 1.165) is 35.0 Å². The number of hydrogen-bond donors (Lipinski definition) is 1. The Labute approximate surface area is 368 Å². The third-order valence-electron chi connectivity index (χ3n) is 16.2. The van der Waals surface area contributed by atoms with E-state index in [0.29, 0.717) is 0 Å². The molecule has 0 amide bonds. The Morgan fingerprint density at radius 1 is 0.828 bits per heavy atom. The third kappa shape index (κ3) is 5.14. The molecule has 0 aromatic carbocycles. The van der Waals surface area contributed by atoms with Crippen LogP contribution >= 0.6 is 0 Å². The summed E-state index contributed by atoms with van der Waals surface area (Å²) in [6.45, 7) is 14.0. The molecule has 3 aliphatic heterocycles. The zero-order valence-electron chi connectivity index (χ0n) is 37.9. The zero-order chi connectivity index (χ0) is 47.2. The Morgan fingerprint density at radius 2 is 1.47 bits per heavy atom. The smallest absolute Gasteiger partial charge is 0.341 e. The molecule has 20 nitrogen and oxygen atoms in total. The molecule has 64 heavy (non-hydrogen) atoms. The van der Waals surface area contributed by atoms with E-state index in [9.17, 15) is 38.7 Å². The number of carbonyl (C=O) groups excluding carboxylic acids is 7. The molecule has 3 saturated heterocycles. The Hall–Kier alpha value is -4.63. The summed E-state index contributed by atoms with van der Waals surface area (Å²) in [6, 6.07) is 1.50. The van der Waals surface area contributed by atoms with Crippen LogP contribution in [0, 0.1) is 22.2 Å². The SMILES string of the molecule is CCC(=O)OC1C2(OC(C)=O)C(OC(=O)C3(C)OC3C)C3(C)CC2(O)C(C)(C3CC(=O)OC)C23OC4(C)OC(CC(=O)OC)(C(C)(C(OC(C)=O)c5ccoc5)CC2OC(C)=O)C13O4. The van der Waals surface area contributed by atoms with Crippen molar-refractivity contribution in [1.82, 2.24) is 0 Å². The quantitative estimate of drug-likeness (QED) is 0.170. The minimum absolute atomic E-state index is 0.236. The number of furan rings is 1. The van der Waals surface area contributed by atoms with Gasteiger partial charge in [0.15, 0.2) is 29.0 Å². The van der Waals surface area contributed by atoms with Crippen molar-refractivity contribution in [3.63, 3.8) is 0 Å². The lowest BCUT2D eigenvalue weighted by molar-refractivity contribution is -0.476. The predicted octanol–water partition coefficient (Wildman–Crippen LogP) is 2.82. The van der Waals surface area contributed by atoms with Crippen LogP contribution in [0.2, 0.25) is 0 Å². The molecule has 0 radical (unpaired) electrons. The summed E-state index contributed by atoms with van der Waals surface area (Å²) in [6.07, 6.45) is -7.70. The molecule has 1 aromatic rings. The first-order valence-corrected chi connectivity index (χ1v) is 21.3. The van der Waals surface area contributed by atoms with Gasteiger partial charge in [0, 0.05) is 62.3 Å². The number of methoxy groups -OCH3 is 2. The first-order chi connectivity index (χ1) is 29.7. The molecule has 4 aliphatic carbocycles. The van der Waals surface area contributed by atoms with Gasteiger partial charge in [-0.1, -0.05) is 27.7 Å². The normalized spacial score (nSPS) is 46.5. The van der Waals surface area contributed by atoms with Gasteiger partial charge in [0.25, 0.3) is 5.97 Å². The highest BCUT2D eigenvalue weighted by molar-refractivity contribution is 5.84. The lowest BCUT2D eigenvalue weighted by atomic mass is 9.32. The highest BCUT2D eigenvalue weighted by Crippen LogP contribution is 2.89. The molecule has 16 atom stereocenters. The monoisotopic (exact) mass is 904 g/mol. The fraction of sp³-hybridized carbons (Fsp3) is 0.750. The maximum Gasteiger partial charge on any atom is 0.341 e. The van der Waals surface area contributed by atoms with Crippen LogP contribution in [0.4, 0.5) is 0 Å². The van der Waals surface area contributed by atoms with Crippen LogP contribution in [-0.4, -0.2) is 125 Å². The molecule has 4 heterocycles. The van der Waals surface area contributed by atoms with Crippen molar-refractivity contribution in [2.24, 2.45) is 22.2 Å². The number of epoxide rings is 1. The van der Waals surface area contributed by atoms with E-state index >= 15 is 0 Å². The van der Waals surface area contributed by atoms with Crippen LogP contribution in [0.1, 0.15) is 113 Å². The van der Waals surface area contributed by atoms with Gasteiger partial charge in [-0.15, -0.1) is 0 Å². The van der Waals surface area contributed by atoms with Crippen molar-refractivity contribution in [2.45, 2.75) is 171 Å². The van der Waals surface area contributed by atoms with Gasteiger partial charge in [0.1, 0.15) is 23.4 Å². The van der Waals surface area contributed by atoms with Gasteiger partial charge < -0.3 is 61.6 Å². The molecule has 8 rings (SSSR count). The lowest BCUT2D eigenvalue weighted by Crippen LogP contribution is -2.99. The van der Waals surface area contributed by atoms with Gasteiger partial charge >= 0.3 is 41.8 Å². The van der Waals surface area contributed by atoms with E-state index in [4.69, 9.17) is 56.5 Å². The molecule has 7 aliphatic rings. The van der Waals surface area contributed by atoms with Gasteiger partial charge in [0.05, 0.1) is 39.3 Å². The number of esters is 7. The first-order valence-electron chi connectivity index (χ1n) is 21.3. The van der Waals surface area contributed by atoms with Crippen molar-refractivity contribution in [2.75, 3.05) is 14.2 Å². The van der Waals surface area contributed by atoms with Crippen molar-refractivity contribution < 1.29 is 95.2 Å². The topological polar surface area (TPSA) is 258 Å². The number of ether oxygens (including phenoxy) is 11. The Morgan fingerprint density at radius 3 is 2.00 bits per heavy atom. The standard InChI is InChI=1S/C44H56O20/c1-13-28(48)58-33-42(61-24(5)47)32(59-34(51)37(8)21(2)60-37)35(6)20-40(42,52)38(9,26(35)16-29(49)53-11)43-27(56-22(3)45)17-36(7,31(57-23(4)46)25-14-15-55-19-25)41(18-30(50)54-12)44(33,43)64-39(10,62-41)63-43/h14-15,19,21,26-27,31-33,52H,13,16-18,20H2,1-12H3. The highest BCUT2D eigenvalue weighted by atomic mass is 17.0. The van der Waals surface area contributed by atoms with E-state index in [2.05, 4.69) is 0 Å². The van der Waals surface area contributed by atoms with Crippen LogP contribution in [0.25, 0.3) is 0 Å². The average Bonchev–Trinajstić information content (AvgIpc) is 3.67. The second-order valence-electron chi connectivity index (χ2n) is 19.3. The van der Waals surface area contributed by atoms with Crippen molar-refractivity contribution in [3.05, 3.63) is 24.2 Å². The molecular weight excluding hydrogens is 848 g/mol. The van der Waals surface area contributed by atoms with E-state index in [1.807, 2.05) is 0 Å². The molecule has 20 heteroatoms. The number of aliphatic hydroxyl groups is 1. The fourth-order valence-corrected chi connectivity index (χ4v) is 13.9. The Balaban J connectivity index is 1.59. The predicted molar refractivity (Wildman–Crippen MR) is 207 cm³/mol. The van der Waals surface area contributed by atoms with Crippen LogP contribution in [-0.2, 0) is 85.7 Å². The van der Waals surface area contributed by atoms with E-state index in [-0.39, 0.29) is 12.0 Å². The van der Waals surface area contributed by atoms with E-state index in [1.165, 1.54) is 39.4 Å². The zero-order valence-corrected chi connectivity index (χ0v) is 37.9. The maximum atomic E-state index is 14.5. The largest absolute Gasteiger partial charge is 0.472 e. The minimum atomic E-state index is -2.75. The summed E-state index contributed by atoms with van der Waals surface area (Å²) in [5.74, 6) is -9.94. The van der Waals surface area contributed by atoms with Gasteiger partial charge in [-0.05, 0) is 38.7 Å². The van der Waals surface area contributed by atoms with E-state index < -0.39 is 160 Å². The van der Waals surface area contributed by atoms with Crippen LogP contribution in [0.15, 0.2) is 23.0 Å². The fourth-order valence-electron chi connectivity index (χ4n) is 13.9. The van der Waals surface area contributed by atoms with Crippen molar-refractivity contribution in [1.29, 1.82) is 0 Å². The first kappa shape index (κ1) is 45.9. The summed E-state index contributed by atoms with van der Waals surface area (Å²) in [5, 5.41) is 14.3. The highest BCUT2D eigenvalue weighted by Gasteiger charge is 3.07. The van der Waals surface area contributed by atoms with Gasteiger partial charge in [0.2, 0.25) is 5.60 Å². The summed E-state index contributed by atoms with van der Waals surface area (Å²) >= 11 is 0. The van der Waals surface area contributed by atoms with Gasteiger partial charge in [-0.3, -0.25) is 28.8 Å². The molecule has 1 N–H and O–H groups in total. The number of hydrogen-bond acceptors (Lipinski definition) is 20. The number of rotatable bonds is 13. The molecule has 4 saturated carbocycles. The average molecular weight is 905 g/mol. The lowest BCUT2D eigenvalue weighted by Gasteiger charge is -2.78. The molecule has 352 valence electrons. The summed E-state index contributed by atoms with van der Waals surface area (Å²) in [7, 11) is 2.28. The molecule has 1 spiro atoms. The number of fused-ring (bicyclic) bond motifs is 2. The summed E-state index contributed by atoms with van der Waals surface area (Å²) < 4.78 is 75.5. The molecule has 7 fully saturated rings. The summed E-state index contributed by atoms with van der Waals surface area (Å²) in [5.41, 5.74) is -19.7. The van der Waals surface area contributed by atoms with Crippen molar-refractivity contribution in [3.8, 4) is 0 Å². The van der Waals surface area contributed by atoms with Crippen molar-refractivity contribution >= 4 is 41.8 Å². The Kier molecular flexibility index (Phi) is 10.0. The molecular formula is C44H56O20. The molecule has 16 unspecified atom stereocenters. The van der Waals surface area contributed by atoms with Crippen LogP contribution in [0.3, 0.4) is 0 Å².